The first-order valence-electron chi connectivity index (χ1n) is 9.42. The number of aliphatic imine (C=N–C) groups is 1. The van der Waals surface area contributed by atoms with Gasteiger partial charge in [0.15, 0.2) is 0 Å². The summed E-state index contributed by atoms with van der Waals surface area (Å²) in [7, 11) is 1.63. The minimum Gasteiger partial charge on any atom is -0.497 e. The molecule has 1 atom stereocenters. The van der Waals surface area contributed by atoms with E-state index < -0.39 is 6.04 Å². The first-order chi connectivity index (χ1) is 14.0. The highest BCUT2D eigenvalue weighted by Crippen LogP contribution is 2.29. The maximum Gasteiger partial charge on any atom is 0.249 e. The zero-order valence-electron chi connectivity index (χ0n) is 16.3. The van der Waals surface area contributed by atoms with Gasteiger partial charge in [0, 0.05) is 22.6 Å². The van der Waals surface area contributed by atoms with Gasteiger partial charge >= 0.3 is 0 Å². The largest absolute Gasteiger partial charge is 0.497 e. The van der Waals surface area contributed by atoms with Crippen LogP contribution >= 0.6 is 11.6 Å². The fourth-order valence-electron chi connectivity index (χ4n) is 3.49. The molecule has 0 bridgehead atoms. The van der Waals surface area contributed by atoms with E-state index in [0.29, 0.717) is 17.1 Å². The van der Waals surface area contributed by atoms with E-state index in [4.69, 9.17) is 21.3 Å². The minimum absolute atomic E-state index is 0.125. The van der Waals surface area contributed by atoms with Crippen LogP contribution in [0.3, 0.4) is 0 Å². The van der Waals surface area contributed by atoms with Crippen molar-refractivity contribution in [1.82, 2.24) is 0 Å². The molecule has 4 rings (SSSR count). The first-order valence-corrected chi connectivity index (χ1v) is 9.80. The Kier molecular flexibility index (Phi) is 5.36. The third-order valence-electron chi connectivity index (χ3n) is 5.12. The molecule has 3 aromatic carbocycles. The Morgan fingerprint density at radius 3 is 2.55 bits per heavy atom. The van der Waals surface area contributed by atoms with Gasteiger partial charge in [-0.2, -0.15) is 0 Å². The smallest absolute Gasteiger partial charge is 0.249 e. The number of carbonyl (C=O) groups is 1. The van der Waals surface area contributed by atoms with E-state index in [9.17, 15) is 4.79 Å². The molecular weight excluding hydrogens is 384 g/mol. The van der Waals surface area contributed by atoms with Crippen molar-refractivity contribution < 1.29 is 9.53 Å². The van der Waals surface area contributed by atoms with E-state index >= 15 is 0 Å². The van der Waals surface area contributed by atoms with Crippen LogP contribution in [0.15, 0.2) is 71.7 Å². The third-order valence-corrected chi connectivity index (χ3v) is 5.36. The highest BCUT2D eigenvalue weighted by Gasteiger charge is 2.26. The lowest BCUT2D eigenvalue weighted by atomic mass is 9.99. The predicted octanol–water partition coefficient (Wildman–Crippen LogP) is 5.06. The number of nitrogens with zero attached hydrogens (tertiary/aromatic N) is 1. The van der Waals surface area contributed by atoms with Gasteiger partial charge in [0.25, 0.3) is 0 Å². The number of methoxy groups -OCH3 is 1. The summed E-state index contributed by atoms with van der Waals surface area (Å²) < 4.78 is 5.27. The van der Waals surface area contributed by atoms with Gasteiger partial charge in [-0.05, 0) is 60.5 Å². The van der Waals surface area contributed by atoms with Crippen LogP contribution in [0, 0.1) is 6.92 Å². The molecule has 0 aromatic heterocycles. The van der Waals surface area contributed by atoms with E-state index in [1.54, 1.807) is 13.2 Å². The average molecular weight is 405 g/mol. The maximum absolute atomic E-state index is 13.0. The van der Waals surface area contributed by atoms with Crippen LogP contribution in [-0.2, 0) is 11.2 Å². The molecule has 0 aliphatic carbocycles. The van der Waals surface area contributed by atoms with Crippen LogP contribution in [0.1, 0.15) is 22.3 Å². The average Bonchev–Trinajstić information content (AvgIpc) is 2.86. The van der Waals surface area contributed by atoms with Crippen LogP contribution in [0.5, 0.6) is 5.75 Å². The number of rotatable bonds is 4. The van der Waals surface area contributed by atoms with Gasteiger partial charge in [-0.25, -0.2) is 0 Å². The van der Waals surface area contributed by atoms with Crippen LogP contribution < -0.4 is 10.1 Å². The number of hydrogen-bond donors (Lipinski definition) is 1. The predicted molar refractivity (Wildman–Crippen MR) is 117 cm³/mol. The minimum atomic E-state index is -0.542. The van der Waals surface area contributed by atoms with Gasteiger partial charge in [-0.15, -0.1) is 0 Å². The van der Waals surface area contributed by atoms with Crippen molar-refractivity contribution in [2.75, 3.05) is 12.4 Å². The van der Waals surface area contributed by atoms with Crippen LogP contribution in [0.25, 0.3) is 0 Å². The normalized spacial score (nSPS) is 15.8. The summed E-state index contributed by atoms with van der Waals surface area (Å²) in [6.45, 7) is 2.05. The van der Waals surface area contributed by atoms with Crippen molar-refractivity contribution in [3.63, 3.8) is 0 Å². The van der Waals surface area contributed by atoms with E-state index in [0.717, 1.165) is 33.7 Å². The summed E-state index contributed by atoms with van der Waals surface area (Å²) in [4.78, 5) is 17.9. The molecule has 1 aliphatic heterocycles. The van der Waals surface area contributed by atoms with Gasteiger partial charge in [-0.1, -0.05) is 35.9 Å². The number of benzodiazepines with no additional fused rings is 1. The number of amides is 1. The summed E-state index contributed by atoms with van der Waals surface area (Å²) >= 11 is 6.27. The molecule has 146 valence electrons. The summed E-state index contributed by atoms with van der Waals surface area (Å²) in [6, 6.07) is 20.6. The number of hydrogen-bond acceptors (Lipinski definition) is 3. The Balaban J connectivity index is 1.82. The van der Waals surface area contributed by atoms with Gasteiger partial charge < -0.3 is 10.1 Å². The number of benzene rings is 3. The van der Waals surface area contributed by atoms with Crippen molar-refractivity contribution in [2.45, 2.75) is 19.4 Å². The molecule has 4 nitrogen and oxygen atoms in total. The maximum atomic E-state index is 13.0. The quantitative estimate of drug-likeness (QED) is 0.660. The number of nitrogens with one attached hydrogen (secondary N) is 1. The zero-order valence-corrected chi connectivity index (χ0v) is 17.0. The van der Waals surface area contributed by atoms with Crippen molar-refractivity contribution in [3.8, 4) is 5.75 Å². The molecule has 1 aliphatic rings. The second kappa shape index (κ2) is 8.10. The number of fused-ring (bicyclic) bond motifs is 1. The number of halogens is 1. The second-order valence-electron chi connectivity index (χ2n) is 7.03. The fraction of sp³-hybridized carbons (Fsp3) is 0.167. The summed E-state index contributed by atoms with van der Waals surface area (Å²) in [5.74, 6) is 0.639. The Morgan fingerprint density at radius 2 is 1.83 bits per heavy atom. The standard InChI is InChI=1S/C24H21ClN2O2/c1-15-5-3-4-6-17(15)13-22-24(28)27-21-12-9-18(25)14-20(21)23(26-22)16-7-10-19(29-2)11-8-16/h3-12,14,22H,13H2,1-2H3,(H,27,28). The van der Waals surface area contributed by atoms with Crippen LogP contribution in [0.2, 0.25) is 5.02 Å². The van der Waals surface area contributed by atoms with E-state index in [-0.39, 0.29) is 5.91 Å². The fourth-order valence-corrected chi connectivity index (χ4v) is 3.66. The summed E-state index contributed by atoms with van der Waals surface area (Å²) in [5.41, 5.74) is 5.41. The van der Waals surface area contributed by atoms with Crippen LogP contribution in [0.4, 0.5) is 5.69 Å². The highest BCUT2D eigenvalue weighted by atomic mass is 35.5. The highest BCUT2D eigenvalue weighted by molar-refractivity contribution is 6.32. The summed E-state index contributed by atoms with van der Waals surface area (Å²) in [5, 5.41) is 3.62. The van der Waals surface area contributed by atoms with Gasteiger partial charge in [0.1, 0.15) is 11.8 Å². The molecule has 0 spiro atoms. The van der Waals surface area contributed by atoms with E-state index in [1.807, 2.05) is 67.6 Å². The molecule has 0 saturated heterocycles. The number of ether oxygens (including phenoxy) is 1. The van der Waals surface area contributed by atoms with Crippen molar-refractivity contribution in [1.29, 1.82) is 0 Å². The number of anilines is 1. The molecule has 0 fully saturated rings. The van der Waals surface area contributed by atoms with E-state index in [2.05, 4.69) is 5.32 Å². The molecule has 1 unspecified atom stereocenters. The number of carbonyl (C=O) groups excluding carboxylic acids is 1. The molecule has 1 N–H and O–H groups in total. The molecular formula is C24H21ClN2O2. The van der Waals surface area contributed by atoms with Crippen molar-refractivity contribution in [2.24, 2.45) is 4.99 Å². The molecule has 1 amide bonds. The first kappa shape index (κ1) is 19.2. The monoisotopic (exact) mass is 404 g/mol. The Hall–Kier alpha value is -3.11. The van der Waals surface area contributed by atoms with E-state index in [1.165, 1.54) is 0 Å². The topological polar surface area (TPSA) is 50.7 Å². The molecule has 0 radical (unpaired) electrons. The number of aryl methyl sites for hydroxylation is 1. The van der Waals surface area contributed by atoms with Crippen molar-refractivity contribution in [3.05, 3.63) is 94.0 Å². The molecule has 3 aromatic rings. The SMILES string of the molecule is COc1ccc(C2=NC(Cc3ccccc3C)C(=O)Nc3ccc(Cl)cc32)cc1. The molecule has 5 heteroatoms. The second-order valence-corrected chi connectivity index (χ2v) is 7.47. The zero-order chi connectivity index (χ0) is 20.4. The third kappa shape index (κ3) is 4.03. The lowest BCUT2D eigenvalue weighted by Crippen LogP contribution is -2.27. The Morgan fingerprint density at radius 1 is 1.07 bits per heavy atom. The van der Waals surface area contributed by atoms with Gasteiger partial charge in [0.2, 0.25) is 5.91 Å². The summed E-state index contributed by atoms with van der Waals surface area (Å²) in [6.07, 6.45) is 0.528. The lowest BCUT2D eigenvalue weighted by molar-refractivity contribution is -0.117. The lowest BCUT2D eigenvalue weighted by Gasteiger charge is -2.13. The molecule has 0 saturated carbocycles. The Labute approximate surface area is 175 Å². The van der Waals surface area contributed by atoms with Gasteiger partial charge in [-0.3, -0.25) is 9.79 Å². The molecule has 29 heavy (non-hydrogen) atoms. The van der Waals surface area contributed by atoms with Crippen molar-refractivity contribution >= 4 is 28.9 Å². The van der Waals surface area contributed by atoms with Crippen LogP contribution in [-0.4, -0.2) is 24.8 Å². The molecule has 1 heterocycles. The Bertz CT molecular complexity index is 1090. The van der Waals surface area contributed by atoms with Gasteiger partial charge in [0.05, 0.1) is 18.5 Å².